The third-order valence-electron chi connectivity index (χ3n) is 4.53. The molecule has 22 heavy (non-hydrogen) atoms. The summed E-state index contributed by atoms with van der Waals surface area (Å²) in [6, 6.07) is 3.05. The van der Waals surface area contributed by atoms with Crippen molar-refractivity contribution in [2.45, 2.75) is 31.3 Å². The molecule has 2 aliphatic rings. The van der Waals surface area contributed by atoms with Gasteiger partial charge in [0.2, 0.25) is 0 Å². The van der Waals surface area contributed by atoms with Crippen LogP contribution in [0.3, 0.4) is 0 Å². The summed E-state index contributed by atoms with van der Waals surface area (Å²) in [6.45, 7) is 0. The van der Waals surface area contributed by atoms with E-state index in [1.54, 1.807) is 13.4 Å². The first-order valence-electron chi connectivity index (χ1n) is 7.31. The van der Waals surface area contributed by atoms with Crippen molar-refractivity contribution in [1.29, 1.82) is 0 Å². The Labute approximate surface area is 126 Å². The summed E-state index contributed by atoms with van der Waals surface area (Å²) in [5.41, 5.74) is 2.16. The van der Waals surface area contributed by atoms with Gasteiger partial charge in [0.25, 0.3) is 11.5 Å². The average Bonchev–Trinajstić information content (AvgIpc) is 2.84. The molecule has 2 aromatic rings. The second-order valence-corrected chi connectivity index (χ2v) is 5.77. The lowest BCUT2D eigenvalue weighted by Crippen LogP contribution is -2.43. The van der Waals surface area contributed by atoms with Gasteiger partial charge in [0.15, 0.2) is 0 Å². The van der Waals surface area contributed by atoms with Crippen molar-refractivity contribution < 1.29 is 4.79 Å². The molecule has 0 radical (unpaired) electrons. The van der Waals surface area contributed by atoms with Gasteiger partial charge in [-0.05, 0) is 18.9 Å². The smallest absolute Gasteiger partial charge is 0.275 e. The van der Waals surface area contributed by atoms with Gasteiger partial charge >= 0.3 is 0 Å². The number of nitrogens with zero attached hydrogens (tertiary/aromatic N) is 5. The largest absolute Gasteiger partial charge is 0.327 e. The monoisotopic (exact) mass is 297 g/mol. The van der Waals surface area contributed by atoms with Crippen LogP contribution in [0.25, 0.3) is 0 Å². The SMILES string of the molecule is Cn1nc(C(=O)N2[C@H]3CC[C@H]2c2cncnc2C3)ccc1=O. The molecular formula is C15H15N5O2. The van der Waals surface area contributed by atoms with Crippen molar-refractivity contribution in [2.24, 2.45) is 7.05 Å². The molecule has 1 saturated heterocycles. The molecule has 0 aliphatic carbocycles. The Morgan fingerprint density at radius 3 is 3.00 bits per heavy atom. The van der Waals surface area contributed by atoms with Gasteiger partial charge < -0.3 is 4.90 Å². The minimum atomic E-state index is -0.225. The molecule has 2 atom stereocenters. The zero-order valence-corrected chi connectivity index (χ0v) is 12.1. The molecule has 2 bridgehead atoms. The predicted molar refractivity (Wildman–Crippen MR) is 77.1 cm³/mol. The van der Waals surface area contributed by atoms with Gasteiger partial charge in [-0.15, -0.1) is 0 Å². The van der Waals surface area contributed by atoms with Crippen LogP contribution >= 0.6 is 0 Å². The van der Waals surface area contributed by atoms with Gasteiger partial charge in [0.05, 0.1) is 11.7 Å². The Kier molecular flexibility index (Phi) is 2.82. The van der Waals surface area contributed by atoms with Gasteiger partial charge in [0, 0.05) is 37.3 Å². The molecule has 112 valence electrons. The molecule has 0 N–H and O–H groups in total. The van der Waals surface area contributed by atoms with E-state index in [4.69, 9.17) is 0 Å². The maximum absolute atomic E-state index is 12.8. The van der Waals surface area contributed by atoms with E-state index in [0.717, 1.165) is 30.5 Å². The summed E-state index contributed by atoms with van der Waals surface area (Å²) in [5.74, 6) is -0.127. The predicted octanol–water partition coefficient (Wildman–Crippen LogP) is 0.472. The van der Waals surface area contributed by atoms with E-state index in [1.165, 1.54) is 16.8 Å². The van der Waals surface area contributed by atoms with E-state index in [9.17, 15) is 9.59 Å². The van der Waals surface area contributed by atoms with E-state index < -0.39 is 0 Å². The Bertz CT molecular complexity index is 816. The molecule has 0 aromatic carbocycles. The highest BCUT2D eigenvalue weighted by Crippen LogP contribution is 2.43. The molecule has 7 heteroatoms. The molecule has 0 unspecified atom stereocenters. The highest BCUT2D eigenvalue weighted by atomic mass is 16.2. The van der Waals surface area contributed by atoms with Crippen LogP contribution < -0.4 is 5.56 Å². The third kappa shape index (κ3) is 1.85. The van der Waals surface area contributed by atoms with E-state index in [-0.39, 0.29) is 23.6 Å². The van der Waals surface area contributed by atoms with E-state index in [1.807, 2.05) is 11.1 Å². The van der Waals surface area contributed by atoms with Gasteiger partial charge in [-0.25, -0.2) is 14.6 Å². The number of carbonyl (C=O) groups excluding carboxylic acids is 1. The van der Waals surface area contributed by atoms with Gasteiger partial charge in [-0.3, -0.25) is 9.59 Å². The number of aromatic nitrogens is 4. The minimum Gasteiger partial charge on any atom is -0.327 e. The van der Waals surface area contributed by atoms with E-state index in [2.05, 4.69) is 15.1 Å². The van der Waals surface area contributed by atoms with Crippen LogP contribution in [0.15, 0.2) is 29.5 Å². The van der Waals surface area contributed by atoms with Crippen LogP contribution in [-0.2, 0) is 13.5 Å². The van der Waals surface area contributed by atoms with Crippen LogP contribution in [0.1, 0.15) is 40.6 Å². The molecule has 1 amide bonds. The molecular weight excluding hydrogens is 282 g/mol. The number of rotatable bonds is 1. The summed E-state index contributed by atoms with van der Waals surface area (Å²) in [4.78, 5) is 34.6. The second-order valence-electron chi connectivity index (χ2n) is 5.77. The van der Waals surface area contributed by atoms with E-state index in [0.29, 0.717) is 5.69 Å². The zero-order chi connectivity index (χ0) is 15.3. The van der Waals surface area contributed by atoms with Crippen molar-refractivity contribution in [3.63, 3.8) is 0 Å². The summed E-state index contributed by atoms with van der Waals surface area (Å²) in [7, 11) is 1.55. The van der Waals surface area contributed by atoms with Gasteiger partial charge in [0.1, 0.15) is 12.0 Å². The topological polar surface area (TPSA) is 81.0 Å². The number of carbonyl (C=O) groups is 1. The van der Waals surface area contributed by atoms with Gasteiger partial charge in [-0.2, -0.15) is 5.10 Å². The average molecular weight is 297 g/mol. The fourth-order valence-corrected chi connectivity index (χ4v) is 3.48. The van der Waals surface area contributed by atoms with Crippen LogP contribution in [0, 0.1) is 0 Å². The van der Waals surface area contributed by atoms with Gasteiger partial charge in [-0.1, -0.05) is 0 Å². The number of hydrogen-bond donors (Lipinski definition) is 0. The highest BCUT2D eigenvalue weighted by Gasteiger charge is 2.43. The quantitative estimate of drug-likeness (QED) is 0.764. The Hall–Kier alpha value is -2.57. The maximum Gasteiger partial charge on any atom is 0.275 e. The Morgan fingerprint density at radius 1 is 1.32 bits per heavy atom. The van der Waals surface area contributed by atoms with Crippen molar-refractivity contribution in [2.75, 3.05) is 0 Å². The summed E-state index contributed by atoms with van der Waals surface area (Å²) < 4.78 is 1.19. The molecule has 4 heterocycles. The Balaban J connectivity index is 1.73. The van der Waals surface area contributed by atoms with Crippen LogP contribution in [0.4, 0.5) is 0 Å². The number of aryl methyl sites for hydroxylation is 1. The number of amides is 1. The molecule has 2 aliphatic heterocycles. The van der Waals surface area contributed by atoms with Crippen molar-refractivity contribution in [1.82, 2.24) is 24.6 Å². The second kappa shape index (κ2) is 4.72. The van der Waals surface area contributed by atoms with E-state index >= 15 is 0 Å². The Morgan fingerprint density at radius 2 is 2.18 bits per heavy atom. The molecule has 0 saturated carbocycles. The fraction of sp³-hybridized carbons (Fsp3) is 0.400. The lowest BCUT2D eigenvalue weighted by molar-refractivity contribution is 0.0635. The number of hydrogen-bond acceptors (Lipinski definition) is 5. The van der Waals surface area contributed by atoms with Crippen molar-refractivity contribution in [3.05, 3.63) is 52.0 Å². The fourth-order valence-electron chi connectivity index (χ4n) is 3.48. The maximum atomic E-state index is 12.8. The number of fused-ring (bicyclic) bond motifs is 4. The molecule has 2 aromatic heterocycles. The van der Waals surface area contributed by atoms with Crippen LogP contribution in [0.2, 0.25) is 0 Å². The summed E-state index contributed by atoms with van der Waals surface area (Å²) in [6.07, 6.45) is 6.00. The van der Waals surface area contributed by atoms with Crippen LogP contribution in [-0.4, -0.2) is 36.6 Å². The van der Waals surface area contributed by atoms with Crippen molar-refractivity contribution in [3.8, 4) is 0 Å². The molecule has 0 spiro atoms. The first-order chi connectivity index (χ1) is 10.6. The molecule has 7 nitrogen and oxygen atoms in total. The molecule has 1 fully saturated rings. The lowest BCUT2D eigenvalue weighted by atomic mass is 9.99. The van der Waals surface area contributed by atoms with Crippen molar-refractivity contribution >= 4 is 5.91 Å². The first kappa shape index (κ1) is 13.1. The zero-order valence-electron chi connectivity index (χ0n) is 12.1. The third-order valence-corrected chi connectivity index (χ3v) is 4.53. The summed E-state index contributed by atoms with van der Waals surface area (Å²) in [5, 5.41) is 4.08. The first-order valence-corrected chi connectivity index (χ1v) is 7.31. The lowest BCUT2D eigenvalue weighted by Gasteiger charge is -2.35. The highest BCUT2D eigenvalue weighted by molar-refractivity contribution is 5.93. The minimum absolute atomic E-state index is 0.0153. The standard InChI is InChI=1S/C15H15N5O2/c1-19-14(21)5-3-11(18-19)15(22)20-9-2-4-13(20)10-7-16-8-17-12(10)6-9/h3,5,7-9,13H,2,4,6H2,1H3/t9-,13-/m0/s1. The van der Waals surface area contributed by atoms with Crippen LogP contribution in [0.5, 0.6) is 0 Å². The normalized spacial score (nSPS) is 22.5. The molecule has 4 rings (SSSR count). The summed E-state index contributed by atoms with van der Waals surface area (Å²) >= 11 is 0.